The van der Waals surface area contributed by atoms with E-state index >= 15 is 0 Å². The van der Waals surface area contributed by atoms with Crippen molar-refractivity contribution in [3.8, 4) is 0 Å². The first-order valence-electron chi connectivity index (χ1n) is 8.09. The number of nitrogens with zero attached hydrogens (tertiary/aromatic N) is 3. The van der Waals surface area contributed by atoms with Crippen molar-refractivity contribution < 1.29 is 12.8 Å². The molecule has 4 rings (SSSR count). The Labute approximate surface area is 164 Å². The van der Waals surface area contributed by atoms with Crippen molar-refractivity contribution in [1.29, 1.82) is 0 Å². The van der Waals surface area contributed by atoms with Gasteiger partial charge in [-0.15, -0.1) is 10.2 Å². The van der Waals surface area contributed by atoms with E-state index in [1.54, 1.807) is 35.2 Å². The van der Waals surface area contributed by atoms with E-state index in [0.717, 1.165) is 10.1 Å². The van der Waals surface area contributed by atoms with Crippen molar-refractivity contribution in [3.63, 3.8) is 0 Å². The van der Waals surface area contributed by atoms with E-state index in [0.29, 0.717) is 16.7 Å². The van der Waals surface area contributed by atoms with Crippen LogP contribution in [-0.2, 0) is 17.1 Å². The van der Waals surface area contributed by atoms with E-state index in [1.807, 2.05) is 7.05 Å². The standard InChI is InChI=1S/C18H14N4O4S2/c1-22-11-19-20-18(22)27-14-5-3-13(4-6-14)21-28(24,25)15-7-8-16-12(10-15)2-9-17(23)26-16/h2-11,21H,1H3. The molecule has 0 saturated heterocycles. The molecule has 0 radical (unpaired) electrons. The molecule has 0 saturated carbocycles. The largest absolute Gasteiger partial charge is 0.423 e. The fourth-order valence-corrected chi connectivity index (χ4v) is 4.35. The summed E-state index contributed by atoms with van der Waals surface area (Å²) in [6.07, 6.45) is 1.61. The van der Waals surface area contributed by atoms with E-state index in [2.05, 4.69) is 14.9 Å². The van der Waals surface area contributed by atoms with Crippen LogP contribution in [0.5, 0.6) is 0 Å². The van der Waals surface area contributed by atoms with Gasteiger partial charge >= 0.3 is 5.63 Å². The SMILES string of the molecule is Cn1cnnc1Sc1ccc(NS(=O)(=O)c2ccc3oc(=O)ccc3c2)cc1. The molecule has 2 heterocycles. The highest BCUT2D eigenvalue weighted by atomic mass is 32.2. The van der Waals surface area contributed by atoms with Gasteiger partial charge in [-0.05, 0) is 60.3 Å². The second-order valence-corrected chi connectivity index (χ2v) is 8.63. The minimum atomic E-state index is -3.79. The van der Waals surface area contributed by atoms with Crippen LogP contribution in [0.4, 0.5) is 5.69 Å². The Morgan fingerprint density at radius 1 is 1.07 bits per heavy atom. The molecule has 0 atom stereocenters. The molecule has 2 aromatic heterocycles. The fraction of sp³-hybridized carbons (Fsp3) is 0.0556. The number of nitrogens with one attached hydrogen (secondary N) is 1. The van der Waals surface area contributed by atoms with Crippen molar-refractivity contribution >= 4 is 38.4 Å². The maximum atomic E-state index is 12.7. The molecule has 28 heavy (non-hydrogen) atoms. The number of rotatable bonds is 5. The van der Waals surface area contributed by atoms with Gasteiger partial charge in [0, 0.05) is 29.1 Å². The molecule has 0 aliphatic heterocycles. The maximum Gasteiger partial charge on any atom is 0.336 e. The predicted octanol–water partition coefficient (Wildman–Crippen LogP) is 2.87. The fourth-order valence-electron chi connectivity index (χ4n) is 2.49. The van der Waals surface area contributed by atoms with Gasteiger partial charge in [0.05, 0.1) is 4.90 Å². The van der Waals surface area contributed by atoms with Crippen molar-refractivity contribution in [2.75, 3.05) is 4.72 Å². The van der Waals surface area contributed by atoms with E-state index < -0.39 is 15.6 Å². The van der Waals surface area contributed by atoms with Crippen LogP contribution in [0.15, 0.2) is 85.1 Å². The van der Waals surface area contributed by atoms with Crippen LogP contribution in [0.2, 0.25) is 0 Å². The van der Waals surface area contributed by atoms with Crippen LogP contribution >= 0.6 is 11.8 Å². The summed E-state index contributed by atoms with van der Waals surface area (Å²) < 4.78 is 34.7. The molecule has 8 nitrogen and oxygen atoms in total. The maximum absolute atomic E-state index is 12.7. The van der Waals surface area contributed by atoms with Gasteiger partial charge in [0.15, 0.2) is 5.16 Å². The summed E-state index contributed by atoms with van der Waals surface area (Å²) in [5.41, 5.74) is 0.277. The average molecular weight is 414 g/mol. The Kier molecular flexibility index (Phi) is 4.65. The van der Waals surface area contributed by atoms with Crippen molar-refractivity contribution in [3.05, 3.63) is 71.3 Å². The van der Waals surface area contributed by atoms with E-state index in [9.17, 15) is 13.2 Å². The monoisotopic (exact) mass is 414 g/mol. The summed E-state index contributed by atoms with van der Waals surface area (Å²) >= 11 is 1.42. The summed E-state index contributed by atoms with van der Waals surface area (Å²) in [6.45, 7) is 0. The lowest BCUT2D eigenvalue weighted by atomic mass is 10.2. The molecular weight excluding hydrogens is 400 g/mol. The lowest BCUT2D eigenvalue weighted by Crippen LogP contribution is -2.12. The first-order valence-corrected chi connectivity index (χ1v) is 10.4. The van der Waals surface area contributed by atoms with Crippen LogP contribution in [-0.4, -0.2) is 23.2 Å². The Bertz CT molecular complexity index is 1310. The summed E-state index contributed by atoms with van der Waals surface area (Å²) in [6, 6.07) is 14.0. The molecule has 2 aromatic carbocycles. The quantitative estimate of drug-likeness (QED) is 0.500. The summed E-state index contributed by atoms with van der Waals surface area (Å²) in [5, 5.41) is 9.08. The van der Waals surface area contributed by atoms with Gasteiger partial charge in [-0.1, -0.05) is 0 Å². The molecule has 0 spiro atoms. The molecule has 0 fully saturated rings. The third kappa shape index (κ3) is 3.78. The molecule has 0 aliphatic carbocycles. The molecule has 4 aromatic rings. The molecule has 142 valence electrons. The Morgan fingerprint density at radius 2 is 1.86 bits per heavy atom. The number of hydrogen-bond donors (Lipinski definition) is 1. The summed E-state index contributed by atoms with van der Waals surface area (Å²) in [7, 11) is -1.94. The molecule has 0 amide bonds. The van der Waals surface area contributed by atoms with Crippen LogP contribution in [0, 0.1) is 0 Å². The number of sulfonamides is 1. The number of aryl methyl sites for hydroxylation is 1. The zero-order chi connectivity index (χ0) is 19.7. The topological polar surface area (TPSA) is 107 Å². The molecular formula is C18H14N4O4S2. The van der Waals surface area contributed by atoms with Gasteiger partial charge in [0.2, 0.25) is 0 Å². The molecule has 1 N–H and O–H groups in total. The molecule has 10 heteroatoms. The van der Waals surface area contributed by atoms with Crippen LogP contribution < -0.4 is 10.3 Å². The third-order valence-corrected chi connectivity index (χ3v) is 6.33. The number of fused-ring (bicyclic) bond motifs is 1. The van der Waals surface area contributed by atoms with Crippen LogP contribution in [0.3, 0.4) is 0 Å². The zero-order valence-corrected chi connectivity index (χ0v) is 16.2. The molecule has 0 unspecified atom stereocenters. The lowest BCUT2D eigenvalue weighted by Gasteiger charge is -2.09. The minimum absolute atomic E-state index is 0.0754. The minimum Gasteiger partial charge on any atom is -0.423 e. The van der Waals surface area contributed by atoms with Crippen molar-refractivity contribution in [2.45, 2.75) is 14.9 Å². The van der Waals surface area contributed by atoms with Gasteiger partial charge in [0.25, 0.3) is 10.0 Å². The van der Waals surface area contributed by atoms with Crippen LogP contribution in [0.1, 0.15) is 0 Å². The smallest absolute Gasteiger partial charge is 0.336 e. The van der Waals surface area contributed by atoms with E-state index in [-0.39, 0.29) is 4.90 Å². The molecule has 0 bridgehead atoms. The predicted molar refractivity (Wildman–Crippen MR) is 105 cm³/mol. The summed E-state index contributed by atoms with van der Waals surface area (Å²) in [4.78, 5) is 12.2. The van der Waals surface area contributed by atoms with Crippen molar-refractivity contribution in [2.24, 2.45) is 7.05 Å². The Balaban J connectivity index is 1.55. The number of benzene rings is 2. The van der Waals surface area contributed by atoms with E-state index in [4.69, 9.17) is 4.42 Å². The number of anilines is 1. The second kappa shape index (κ2) is 7.13. The van der Waals surface area contributed by atoms with Gasteiger partial charge < -0.3 is 8.98 Å². The first-order chi connectivity index (χ1) is 13.4. The van der Waals surface area contributed by atoms with Gasteiger partial charge in [-0.25, -0.2) is 13.2 Å². The Hall–Kier alpha value is -3.11. The van der Waals surface area contributed by atoms with Gasteiger partial charge in [-0.2, -0.15) is 0 Å². The van der Waals surface area contributed by atoms with Crippen molar-refractivity contribution in [1.82, 2.24) is 14.8 Å². The van der Waals surface area contributed by atoms with Gasteiger partial charge in [-0.3, -0.25) is 4.72 Å². The summed E-state index contributed by atoms with van der Waals surface area (Å²) in [5.74, 6) is 0. The normalized spacial score (nSPS) is 11.6. The van der Waals surface area contributed by atoms with E-state index in [1.165, 1.54) is 42.1 Å². The molecule has 0 aliphatic rings. The lowest BCUT2D eigenvalue weighted by molar-refractivity contribution is 0.560. The Morgan fingerprint density at radius 3 is 2.57 bits per heavy atom. The third-order valence-electron chi connectivity index (χ3n) is 3.89. The number of hydrogen-bond acceptors (Lipinski definition) is 7. The number of aromatic nitrogens is 3. The first kappa shape index (κ1) is 18.3. The second-order valence-electron chi connectivity index (χ2n) is 5.91. The highest BCUT2D eigenvalue weighted by Gasteiger charge is 2.15. The highest BCUT2D eigenvalue weighted by molar-refractivity contribution is 7.99. The average Bonchev–Trinajstić information content (AvgIpc) is 3.07. The van der Waals surface area contributed by atoms with Crippen LogP contribution in [0.25, 0.3) is 11.0 Å². The zero-order valence-electron chi connectivity index (χ0n) is 14.6. The van der Waals surface area contributed by atoms with Gasteiger partial charge in [0.1, 0.15) is 11.9 Å². The highest BCUT2D eigenvalue weighted by Crippen LogP contribution is 2.27.